The van der Waals surface area contributed by atoms with Gasteiger partial charge in [-0.1, -0.05) is 66.2 Å². The minimum atomic E-state index is -0.193. The third kappa shape index (κ3) is 5.41. The zero-order valence-corrected chi connectivity index (χ0v) is 13.9. The van der Waals surface area contributed by atoms with E-state index in [-0.39, 0.29) is 5.97 Å². The van der Waals surface area contributed by atoms with E-state index in [1.807, 2.05) is 62.4 Å². The van der Waals surface area contributed by atoms with E-state index in [1.165, 1.54) is 5.56 Å². The van der Waals surface area contributed by atoms with Gasteiger partial charge >= 0.3 is 5.97 Å². The molecule has 0 aliphatic heterocycles. The molecule has 2 aromatic rings. The van der Waals surface area contributed by atoms with Gasteiger partial charge in [-0.25, -0.2) is 4.79 Å². The Morgan fingerprint density at radius 1 is 0.913 bits per heavy atom. The molecule has 0 heterocycles. The summed E-state index contributed by atoms with van der Waals surface area (Å²) in [6.07, 6.45) is 2.43. The van der Waals surface area contributed by atoms with Gasteiger partial charge in [-0.2, -0.15) is 0 Å². The van der Waals surface area contributed by atoms with Crippen LogP contribution >= 0.6 is 0 Å². The maximum Gasteiger partial charge on any atom is 0.334 e. The highest BCUT2D eigenvalue weighted by Crippen LogP contribution is 2.18. The molecule has 2 heteroatoms. The molecule has 0 amide bonds. The number of hydrogen-bond acceptors (Lipinski definition) is 2. The van der Waals surface area contributed by atoms with Crippen LogP contribution < -0.4 is 0 Å². The lowest BCUT2D eigenvalue weighted by Gasteiger charge is -2.12. The van der Waals surface area contributed by atoms with Gasteiger partial charge in [0.15, 0.2) is 0 Å². The summed E-state index contributed by atoms with van der Waals surface area (Å²) in [4.78, 5) is 12.3. The molecule has 0 radical (unpaired) electrons. The van der Waals surface area contributed by atoms with E-state index in [0.717, 1.165) is 29.6 Å². The summed E-state index contributed by atoms with van der Waals surface area (Å²) in [5.74, 6) is -0.193. The second-order valence-corrected chi connectivity index (χ2v) is 5.63. The maximum atomic E-state index is 12.3. The van der Waals surface area contributed by atoms with Crippen molar-refractivity contribution in [3.63, 3.8) is 0 Å². The number of hydrogen-bond donors (Lipinski definition) is 0. The average molecular weight is 308 g/mol. The molecule has 0 N–H and O–H groups in total. The fraction of sp³-hybridized carbons (Fsp3) is 0.286. The molecule has 0 aromatic heterocycles. The van der Waals surface area contributed by atoms with Crippen molar-refractivity contribution in [2.24, 2.45) is 0 Å². The lowest BCUT2D eigenvalue weighted by molar-refractivity contribution is -0.138. The molecule has 0 fully saturated rings. The summed E-state index contributed by atoms with van der Waals surface area (Å²) in [7, 11) is 0. The third-order valence-electron chi connectivity index (χ3n) is 3.89. The van der Waals surface area contributed by atoms with Crippen molar-refractivity contribution in [1.82, 2.24) is 0 Å². The summed E-state index contributed by atoms with van der Waals surface area (Å²) in [5.41, 5.74) is 4.31. The Morgan fingerprint density at radius 3 is 2.04 bits per heavy atom. The normalized spacial score (nSPS) is 11.7. The molecule has 0 spiro atoms. The molecule has 0 atom stereocenters. The number of ether oxygens (including phenoxy) is 1. The number of esters is 1. The van der Waals surface area contributed by atoms with E-state index in [1.54, 1.807) is 0 Å². The second-order valence-electron chi connectivity index (χ2n) is 5.63. The molecular formula is C21H24O2. The van der Waals surface area contributed by atoms with Crippen molar-refractivity contribution in [3.05, 3.63) is 82.9 Å². The van der Waals surface area contributed by atoms with Crippen LogP contribution in [0.4, 0.5) is 0 Å². The molecule has 2 aromatic carbocycles. The Bertz CT molecular complexity index is 642. The Balaban J connectivity index is 2.14. The number of carbonyl (C=O) groups excluding carboxylic acids is 1. The molecule has 0 saturated carbocycles. The van der Waals surface area contributed by atoms with Gasteiger partial charge in [0, 0.05) is 12.0 Å². The molecule has 2 rings (SSSR count). The second kappa shape index (κ2) is 8.94. The Hall–Kier alpha value is -2.35. The largest absolute Gasteiger partial charge is 0.463 e. The van der Waals surface area contributed by atoms with Gasteiger partial charge in [0.2, 0.25) is 0 Å². The number of aryl methyl sites for hydroxylation is 1. The lowest BCUT2D eigenvalue weighted by Crippen LogP contribution is -2.12. The van der Waals surface area contributed by atoms with Crippen molar-refractivity contribution in [2.75, 3.05) is 6.61 Å². The molecule has 0 saturated heterocycles. The van der Waals surface area contributed by atoms with Crippen LogP contribution in [-0.2, 0) is 22.4 Å². The van der Waals surface area contributed by atoms with Gasteiger partial charge in [-0.05, 0) is 37.8 Å². The monoisotopic (exact) mass is 308 g/mol. The lowest BCUT2D eigenvalue weighted by atomic mass is 9.96. The zero-order valence-electron chi connectivity index (χ0n) is 13.9. The van der Waals surface area contributed by atoms with Crippen LogP contribution in [0.1, 0.15) is 31.4 Å². The van der Waals surface area contributed by atoms with Crippen LogP contribution in [0.15, 0.2) is 71.8 Å². The zero-order chi connectivity index (χ0) is 16.5. The number of benzene rings is 2. The van der Waals surface area contributed by atoms with Gasteiger partial charge in [0.25, 0.3) is 0 Å². The quantitative estimate of drug-likeness (QED) is 0.545. The summed E-state index contributed by atoms with van der Waals surface area (Å²) < 4.78 is 5.25. The maximum absolute atomic E-state index is 12.3. The number of carbonyl (C=O) groups is 1. The van der Waals surface area contributed by atoms with Crippen molar-refractivity contribution >= 4 is 5.97 Å². The smallest absolute Gasteiger partial charge is 0.334 e. The Labute approximate surface area is 138 Å². The van der Waals surface area contributed by atoms with Crippen molar-refractivity contribution in [2.45, 2.75) is 33.1 Å². The van der Waals surface area contributed by atoms with Crippen LogP contribution in [0.25, 0.3) is 0 Å². The Kier molecular flexibility index (Phi) is 6.61. The first-order valence-electron chi connectivity index (χ1n) is 8.14. The van der Waals surface area contributed by atoms with Crippen molar-refractivity contribution in [1.29, 1.82) is 0 Å². The third-order valence-corrected chi connectivity index (χ3v) is 3.89. The summed E-state index contributed by atoms with van der Waals surface area (Å²) in [6, 6.07) is 20.4. The van der Waals surface area contributed by atoms with Crippen LogP contribution in [0.5, 0.6) is 0 Å². The first kappa shape index (κ1) is 17.0. The fourth-order valence-electron chi connectivity index (χ4n) is 2.54. The van der Waals surface area contributed by atoms with Gasteiger partial charge in [-0.15, -0.1) is 0 Å². The van der Waals surface area contributed by atoms with Gasteiger partial charge < -0.3 is 4.74 Å². The molecule has 120 valence electrons. The van der Waals surface area contributed by atoms with Gasteiger partial charge in [0.1, 0.15) is 0 Å². The van der Waals surface area contributed by atoms with Gasteiger partial charge in [0.05, 0.1) is 6.61 Å². The highest BCUT2D eigenvalue weighted by molar-refractivity contribution is 5.89. The van der Waals surface area contributed by atoms with E-state index in [9.17, 15) is 4.79 Å². The van der Waals surface area contributed by atoms with Crippen molar-refractivity contribution < 1.29 is 9.53 Å². The molecular weight excluding hydrogens is 284 g/mol. The van der Waals surface area contributed by atoms with E-state index in [0.29, 0.717) is 13.0 Å². The predicted octanol–water partition coefficient (Wildman–Crippen LogP) is 4.74. The predicted molar refractivity (Wildman–Crippen MR) is 94.2 cm³/mol. The van der Waals surface area contributed by atoms with E-state index >= 15 is 0 Å². The molecule has 0 aliphatic carbocycles. The average Bonchev–Trinajstić information content (AvgIpc) is 2.59. The van der Waals surface area contributed by atoms with E-state index in [4.69, 9.17) is 4.74 Å². The van der Waals surface area contributed by atoms with Crippen LogP contribution in [-0.4, -0.2) is 12.6 Å². The topological polar surface area (TPSA) is 26.3 Å². The van der Waals surface area contributed by atoms with E-state index < -0.39 is 0 Å². The first-order valence-corrected chi connectivity index (χ1v) is 8.14. The van der Waals surface area contributed by atoms with Crippen LogP contribution in [0.3, 0.4) is 0 Å². The van der Waals surface area contributed by atoms with Crippen LogP contribution in [0, 0.1) is 0 Å². The molecule has 0 aliphatic rings. The highest BCUT2D eigenvalue weighted by atomic mass is 16.5. The minimum Gasteiger partial charge on any atom is -0.463 e. The first-order chi connectivity index (χ1) is 11.2. The summed E-state index contributed by atoms with van der Waals surface area (Å²) in [6.45, 7) is 4.29. The van der Waals surface area contributed by atoms with Crippen LogP contribution in [0.2, 0.25) is 0 Å². The SMILES string of the molecule is CCOC(=O)/C(Cc1ccccc1)=C(\C)CCc1ccccc1. The molecule has 2 nitrogen and oxygen atoms in total. The molecule has 0 bridgehead atoms. The standard InChI is InChI=1S/C21H24O2/c1-3-23-21(22)20(16-19-12-8-5-9-13-19)17(2)14-15-18-10-6-4-7-11-18/h4-13H,3,14-16H2,1-2H3/b20-17+. The summed E-state index contributed by atoms with van der Waals surface area (Å²) in [5, 5.41) is 0. The Morgan fingerprint density at radius 2 is 1.48 bits per heavy atom. The summed E-state index contributed by atoms with van der Waals surface area (Å²) >= 11 is 0. The minimum absolute atomic E-state index is 0.193. The van der Waals surface area contributed by atoms with Crippen molar-refractivity contribution in [3.8, 4) is 0 Å². The number of rotatable bonds is 7. The van der Waals surface area contributed by atoms with E-state index in [2.05, 4.69) is 12.1 Å². The molecule has 0 unspecified atom stereocenters. The fourth-order valence-corrected chi connectivity index (χ4v) is 2.54. The van der Waals surface area contributed by atoms with Gasteiger partial charge in [-0.3, -0.25) is 0 Å². The number of allylic oxidation sites excluding steroid dienone is 1. The highest BCUT2D eigenvalue weighted by Gasteiger charge is 2.15. The molecule has 23 heavy (non-hydrogen) atoms.